The van der Waals surface area contributed by atoms with Crippen LogP contribution in [0.4, 0.5) is 0 Å². The highest BCUT2D eigenvalue weighted by atomic mass is 79.9. The zero-order chi connectivity index (χ0) is 22.1. The van der Waals surface area contributed by atoms with Gasteiger partial charge in [-0.25, -0.2) is 9.78 Å². The molecule has 1 aliphatic rings. The highest BCUT2D eigenvalue weighted by Crippen LogP contribution is 2.39. The molecule has 2 aromatic heterocycles. The molecule has 0 saturated heterocycles. The molecule has 7 nitrogen and oxygen atoms in total. The molecule has 0 radical (unpaired) electrons. The molecule has 4 rings (SSSR count). The van der Waals surface area contributed by atoms with E-state index in [-0.39, 0.29) is 28.8 Å². The number of benzene rings is 1. The van der Waals surface area contributed by atoms with Crippen LogP contribution >= 0.6 is 15.9 Å². The molecule has 1 fully saturated rings. The van der Waals surface area contributed by atoms with Crippen molar-refractivity contribution in [3.05, 3.63) is 72.5 Å². The highest BCUT2D eigenvalue weighted by molar-refractivity contribution is 9.10. The van der Waals surface area contributed by atoms with E-state index in [2.05, 4.69) is 31.2 Å². The molecule has 2 heterocycles. The molecule has 162 valence electrons. The zero-order valence-corrected chi connectivity index (χ0v) is 19.2. The smallest absolute Gasteiger partial charge is 0.329 e. The Hall–Kier alpha value is -2.74. The second-order valence-corrected chi connectivity index (χ2v) is 9.10. The van der Waals surface area contributed by atoms with Gasteiger partial charge in [0.25, 0.3) is 11.5 Å². The van der Waals surface area contributed by atoms with Crippen LogP contribution in [-0.4, -0.2) is 26.5 Å². The molecule has 8 heteroatoms. The summed E-state index contributed by atoms with van der Waals surface area (Å²) in [6.45, 7) is 4.31. The largest absolute Gasteiger partial charge is 0.349 e. The van der Waals surface area contributed by atoms with Crippen LogP contribution in [0.15, 0.2) is 44.4 Å². The van der Waals surface area contributed by atoms with Crippen LogP contribution in [0.2, 0.25) is 0 Å². The van der Waals surface area contributed by atoms with Gasteiger partial charge in [0.2, 0.25) is 0 Å². The zero-order valence-electron chi connectivity index (χ0n) is 17.6. The monoisotopic (exact) mass is 484 g/mol. The Balaban J connectivity index is 1.72. The molecular weight excluding hydrogens is 460 g/mol. The van der Waals surface area contributed by atoms with Crippen LogP contribution in [0, 0.1) is 0 Å². The Morgan fingerprint density at radius 1 is 1.29 bits per heavy atom. The summed E-state index contributed by atoms with van der Waals surface area (Å²) in [4.78, 5) is 45.3. The van der Waals surface area contributed by atoms with Crippen molar-refractivity contribution >= 4 is 32.9 Å². The Bertz CT molecular complexity index is 1240. The van der Waals surface area contributed by atoms with Crippen LogP contribution in [0.3, 0.4) is 0 Å². The molecule has 2 N–H and O–H groups in total. The fourth-order valence-corrected chi connectivity index (χ4v) is 4.08. The summed E-state index contributed by atoms with van der Waals surface area (Å²) in [5, 5.41) is 3.18. The molecule has 0 spiro atoms. The number of carbonyl (C=O) groups is 1. The molecule has 3 aromatic rings. The number of amides is 1. The minimum absolute atomic E-state index is 0.137. The number of nitrogens with zero attached hydrogens (tertiary/aromatic N) is 2. The number of hydrogen-bond donors (Lipinski definition) is 2. The summed E-state index contributed by atoms with van der Waals surface area (Å²) < 4.78 is 2.46. The van der Waals surface area contributed by atoms with Gasteiger partial charge in [-0.3, -0.25) is 19.1 Å². The second-order valence-electron chi connectivity index (χ2n) is 8.18. The molecule has 31 heavy (non-hydrogen) atoms. The number of H-pyrrole nitrogens is 1. The fourth-order valence-electron chi connectivity index (χ4n) is 3.82. The molecular formula is C23H25BrN4O3. The van der Waals surface area contributed by atoms with E-state index in [0.29, 0.717) is 25.0 Å². The van der Waals surface area contributed by atoms with Gasteiger partial charge in [0, 0.05) is 28.7 Å². The van der Waals surface area contributed by atoms with Gasteiger partial charge >= 0.3 is 5.69 Å². The molecule has 0 bridgehead atoms. The van der Waals surface area contributed by atoms with Crippen LogP contribution in [0.1, 0.15) is 60.6 Å². The number of aromatic amines is 1. The first-order chi connectivity index (χ1) is 14.9. The Morgan fingerprint density at radius 3 is 2.65 bits per heavy atom. The molecule has 1 saturated carbocycles. The molecule has 1 aliphatic carbocycles. The summed E-state index contributed by atoms with van der Waals surface area (Å²) in [5.41, 5.74) is 1.38. The lowest BCUT2D eigenvalue weighted by Crippen LogP contribution is -2.36. The van der Waals surface area contributed by atoms with E-state index >= 15 is 0 Å². The summed E-state index contributed by atoms with van der Waals surface area (Å²) in [5.74, 6) is -0.0493. The lowest BCUT2D eigenvalue weighted by Gasteiger charge is -2.16. The summed E-state index contributed by atoms with van der Waals surface area (Å²) in [7, 11) is 0. The Labute approximate surface area is 188 Å². The Morgan fingerprint density at radius 2 is 2.00 bits per heavy atom. The van der Waals surface area contributed by atoms with E-state index in [1.54, 1.807) is 6.07 Å². The maximum Gasteiger partial charge on any atom is 0.329 e. The van der Waals surface area contributed by atoms with Crippen molar-refractivity contribution in [2.75, 3.05) is 0 Å². The molecule has 1 amide bonds. The molecule has 1 unspecified atom stereocenters. The highest BCUT2D eigenvalue weighted by Gasteiger charge is 2.29. The number of halogens is 1. The van der Waals surface area contributed by atoms with E-state index in [9.17, 15) is 14.4 Å². The number of pyridine rings is 1. The molecule has 0 aliphatic heterocycles. The number of rotatable bonds is 7. The van der Waals surface area contributed by atoms with E-state index in [4.69, 9.17) is 0 Å². The molecule has 1 aromatic carbocycles. The van der Waals surface area contributed by atoms with Gasteiger partial charge in [0.05, 0.1) is 10.9 Å². The van der Waals surface area contributed by atoms with Crippen LogP contribution in [-0.2, 0) is 13.0 Å². The maximum atomic E-state index is 13.2. The van der Waals surface area contributed by atoms with Gasteiger partial charge in [-0.15, -0.1) is 0 Å². The number of nitrogens with one attached hydrogen (secondary N) is 2. The SMILES string of the molecule is CCCn1c(=O)[nH]c(=O)c2c(C(=O)NC(C)Cc3ccc(Br)cc3)cc(C3CC3)nc21. The predicted octanol–water partition coefficient (Wildman–Crippen LogP) is 3.50. The van der Waals surface area contributed by atoms with Gasteiger partial charge < -0.3 is 5.32 Å². The quantitative estimate of drug-likeness (QED) is 0.536. The van der Waals surface area contributed by atoms with Crippen molar-refractivity contribution in [3.63, 3.8) is 0 Å². The van der Waals surface area contributed by atoms with E-state index in [1.165, 1.54) is 4.57 Å². The standard InChI is InChI=1S/C23H25BrN4O3/c1-3-10-28-20-19(22(30)27-23(28)31)17(12-18(26-20)15-6-7-15)21(29)25-13(2)11-14-4-8-16(24)9-5-14/h4-5,8-9,12-13,15H,3,6-7,10-11H2,1-2H3,(H,25,29)(H,27,30,31). The number of aromatic nitrogens is 3. The third-order valence-corrected chi connectivity index (χ3v) is 6.02. The predicted molar refractivity (Wildman–Crippen MR) is 124 cm³/mol. The van der Waals surface area contributed by atoms with Gasteiger partial charge in [-0.1, -0.05) is 35.0 Å². The fraction of sp³-hybridized carbons (Fsp3) is 0.391. The first-order valence-electron chi connectivity index (χ1n) is 10.6. The van der Waals surface area contributed by atoms with Gasteiger partial charge in [0.1, 0.15) is 0 Å². The number of hydrogen-bond acceptors (Lipinski definition) is 4. The third-order valence-electron chi connectivity index (χ3n) is 5.49. The first-order valence-corrected chi connectivity index (χ1v) is 11.4. The average Bonchev–Trinajstić information content (AvgIpc) is 3.57. The lowest BCUT2D eigenvalue weighted by atomic mass is 10.1. The third kappa shape index (κ3) is 4.63. The van der Waals surface area contributed by atoms with Gasteiger partial charge in [0.15, 0.2) is 5.65 Å². The first kappa shape index (κ1) is 21.5. The Kier molecular flexibility index (Phi) is 6.09. The topological polar surface area (TPSA) is 96.9 Å². The normalized spacial score (nSPS) is 14.5. The summed E-state index contributed by atoms with van der Waals surface area (Å²) in [6, 6.07) is 9.53. The van der Waals surface area contributed by atoms with Crippen molar-refractivity contribution in [1.29, 1.82) is 0 Å². The second kappa shape index (κ2) is 8.78. The van der Waals surface area contributed by atoms with Crippen molar-refractivity contribution in [1.82, 2.24) is 19.9 Å². The minimum atomic E-state index is -0.576. The van der Waals surface area contributed by atoms with Crippen LogP contribution < -0.4 is 16.6 Å². The van der Waals surface area contributed by atoms with Crippen molar-refractivity contribution in [2.45, 2.75) is 58.0 Å². The van der Waals surface area contributed by atoms with Crippen molar-refractivity contribution in [2.24, 2.45) is 0 Å². The minimum Gasteiger partial charge on any atom is -0.349 e. The van der Waals surface area contributed by atoms with Gasteiger partial charge in [-0.2, -0.15) is 0 Å². The number of carbonyl (C=O) groups excluding carboxylic acids is 1. The summed E-state index contributed by atoms with van der Waals surface area (Å²) >= 11 is 3.43. The average molecular weight is 485 g/mol. The number of fused-ring (bicyclic) bond motifs is 1. The van der Waals surface area contributed by atoms with Crippen molar-refractivity contribution < 1.29 is 4.79 Å². The maximum absolute atomic E-state index is 13.2. The van der Waals surface area contributed by atoms with Crippen LogP contribution in [0.5, 0.6) is 0 Å². The lowest BCUT2D eigenvalue weighted by molar-refractivity contribution is 0.0941. The van der Waals surface area contributed by atoms with Crippen molar-refractivity contribution in [3.8, 4) is 0 Å². The van der Waals surface area contributed by atoms with Gasteiger partial charge in [-0.05, 0) is 56.4 Å². The van der Waals surface area contributed by atoms with E-state index in [1.807, 2.05) is 38.1 Å². The van der Waals surface area contributed by atoms with Crippen LogP contribution in [0.25, 0.3) is 11.0 Å². The van der Waals surface area contributed by atoms with E-state index in [0.717, 1.165) is 28.6 Å². The number of aryl methyl sites for hydroxylation is 1. The van der Waals surface area contributed by atoms with E-state index < -0.39 is 11.2 Å². The summed E-state index contributed by atoms with van der Waals surface area (Å²) in [6.07, 6.45) is 3.37. The molecule has 1 atom stereocenters.